The number of hydrogen-bond donors (Lipinski definition) is 0. The number of nitrogens with zero attached hydrogens (tertiary/aromatic N) is 2. The number of hydrogen-bond acceptors (Lipinski definition) is 4. The zero-order valence-corrected chi connectivity index (χ0v) is 18.8. The van der Waals surface area contributed by atoms with Crippen LogP contribution >= 0.6 is 34.8 Å². The maximum absolute atomic E-state index is 6.52. The first-order chi connectivity index (χ1) is 13.7. The number of rotatable bonds is 6. The van der Waals surface area contributed by atoms with E-state index in [0.29, 0.717) is 37.8 Å². The molecule has 0 spiro atoms. The number of aromatic nitrogens is 2. The fourth-order valence-electron chi connectivity index (χ4n) is 2.75. The van der Waals surface area contributed by atoms with Gasteiger partial charge in [0, 0.05) is 15.6 Å². The van der Waals surface area contributed by atoms with E-state index in [-0.39, 0.29) is 18.2 Å². The van der Waals surface area contributed by atoms with Crippen molar-refractivity contribution in [3.8, 4) is 34.3 Å². The predicted molar refractivity (Wildman–Crippen MR) is 119 cm³/mol. The Kier molecular flexibility index (Phi) is 6.89. The minimum atomic E-state index is -0.101. The first kappa shape index (κ1) is 21.7. The van der Waals surface area contributed by atoms with Gasteiger partial charge >= 0.3 is 6.01 Å². The van der Waals surface area contributed by atoms with Crippen molar-refractivity contribution in [1.29, 1.82) is 0 Å². The third kappa shape index (κ3) is 5.33. The highest BCUT2D eigenvalue weighted by Gasteiger charge is 2.22. The van der Waals surface area contributed by atoms with Crippen LogP contribution in [0.2, 0.25) is 15.1 Å². The lowest BCUT2D eigenvalue weighted by Gasteiger charge is -2.19. The van der Waals surface area contributed by atoms with Gasteiger partial charge in [-0.05, 0) is 63.6 Å². The van der Waals surface area contributed by atoms with Crippen LogP contribution < -0.4 is 9.47 Å². The Morgan fingerprint density at radius 3 is 1.97 bits per heavy atom. The van der Waals surface area contributed by atoms with E-state index in [1.54, 1.807) is 12.1 Å². The molecular weight excluding hydrogens is 431 g/mol. The molecule has 29 heavy (non-hydrogen) atoms. The maximum atomic E-state index is 6.52. The molecule has 3 aromatic rings. The monoisotopic (exact) mass is 450 g/mol. The first-order valence-corrected chi connectivity index (χ1v) is 10.3. The lowest BCUT2D eigenvalue weighted by Crippen LogP contribution is -2.13. The van der Waals surface area contributed by atoms with Crippen LogP contribution in [0, 0.1) is 0 Å². The molecule has 0 aliphatic carbocycles. The lowest BCUT2D eigenvalue weighted by molar-refractivity contribution is 0.205. The minimum absolute atomic E-state index is 0.100. The molecule has 0 bridgehead atoms. The summed E-state index contributed by atoms with van der Waals surface area (Å²) in [7, 11) is 0. The smallest absolute Gasteiger partial charge is 0.320 e. The molecule has 0 amide bonds. The summed E-state index contributed by atoms with van der Waals surface area (Å²) >= 11 is 18.7. The molecule has 0 saturated heterocycles. The van der Waals surface area contributed by atoms with Gasteiger partial charge in [-0.15, -0.1) is 0 Å². The van der Waals surface area contributed by atoms with Crippen LogP contribution in [0.5, 0.6) is 11.9 Å². The molecule has 0 saturated carbocycles. The van der Waals surface area contributed by atoms with Gasteiger partial charge in [0.15, 0.2) is 0 Å². The molecule has 0 radical (unpaired) electrons. The molecule has 1 heterocycles. The Balaban J connectivity index is 2.33. The van der Waals surface area contributed by atoms with Crippen LogP contribution in [0.25, 0.3) is 22.4 Å². The molecule has 0 aliphatic heterocycles. The Bertz CT molecular complexity index is 1010. The Hall–Kier alpha value is -2.01. The first-order valence-electron chi connectivity index (χ1n) is 9.21. The van der Waals surface area contributed by atoms with Gasteiger partial charge in [-0.3, -0.25) is 0 Å². The molecule has 0 atom stereocenters. The summed E-state index contributed by atoms with van der Waals surface area (Å²) in [6.07, 6.45) is -0.201. The quantitative estimate of drug-likeness (QED) is 0.393. The van der Waals surface area contributed by atoms with Crippen LogP contribution in [0.4, 0.5) is 0 Å². The summed E-state index contributed by atoms with van der Waals surface area (Å²) in [4.78, 5) is 9.19. The van der Waals surface area contributed by atoms with E-state index < -0.39 is 0 Å². The molecule has 152 valence electrons. The molecule has 0 unspecified atom stereocenters. The second kappa shape index (κ2) is 9.21. The van der Waals surface area contributed by atoms with Crippen molar-refractivity contribution < 1.29 is 9.47 Å². The second-order valence-electron chi connectivity index (χ2n) is 7.00. The van der Waals surface area contributed by atoms with Gasteiger partial charge in [-0.2, -0.15) is 9.97 Å². The molecule has 1 aromatic heterocycles. The molecule has 2 aromatic carbocycles. The number of ether oxygens (including phenoxy) is 2. The predicted octanol–water partition coefficient (Wildman–Crippen LogP) is 7.35. The van der Waals surface area contributed by atoms with Crippen molar-refractivity contribution in [2.24, 2.45) is 0 Å². The van der Waals surface area contributed by atoms with Crippen molar-refractivity contribution >= 4 is 34.8 Å². The zero-order valence-electron chi connectivity index (χ0n) is 16.5. The van der Waals surface area contributed by atoms with Gasteiger partial charge in [0.25, 0.3) is 0 Å². The summed E-state index contributed by atoms with van der Waals surface area (Å²) in [5, 5.41) is 1.64. The highest BCUT2D eigenvalue weighted by atomic mass is 35.5. The molecule has 7 heteroatoms. The maximum Gasteiger partial charge on any atom is 0.320 e. The van der Waals surface area contributed by atoms with E-state index in [9.17, 15) is 0 Å². The zero-order chi connectivity index (χ0) is 21.1. The molecule has 0 aliphatic rings. The van der Waals surface area contributed by atoms with E-state index in [4.69, 9.17) is 44.3 Å². The second-order valence-corrected chi connectivity index (χ2v) is 8.28. The molecule has 0 N–H and O–H groups in total. The third-order valence-corrected chi connectivity index (χ3v) is 4.66. The lowest BCUT2D eigenvalue weighted by atomic mass is 10.00. The minimum Gasteiger partial charge on any atom is -0.474 e. The highest BCUT2D eigenvalue weighted by molar-refractivity contribution is 6.36. The van der Waals surface area contributed by atoms with Crippen LogP contribution in [-0.4, -0.2) is 22.2 Å². The van der Waals surface area contributed by atoms with E-state index in [0.717, 1.165) is 5.56 Å². The number of halogens is 3. The van der Waals surface area contributed by atoms with Crippen molar-refractivity contribution in [1.82, 2.24) is 9.97 Å². The van der Waals surface area contributed by atoms with Gasteiger partial charge < -0.3 is 9.47 Å². The van der Waals surface area contributed by atoms with E-state index in [1.165, 1.54) is 0 Å². The third-order valence-electron chi connectivity index (χ3n) is 3.86. The summed E-state index contributed by atoms with van der Waals surface area (Å²) < 4.78 is 11.8. The normalized spacial score (nSPS) is 11.2. The highest BCUT2D eigenvalue weighted by Crippen LogP contribution is 2.42. The summed E-state index contributed by atoms with van der Waals surface area (Å²) in [5.74, 6) is 0.411. The van der Waals surface area contributed by atoms with Crippen molar-refractivity contribution in [2.75, 3.05) is 0 Å². The summed E-state index contributed by atoms with van der Waals surface area (Å²) in [6.45, 7) is 7.69. The van der Waals surface area contributed by atoms with Gasteiger partial charge in [0.1, 0.15) is 0 Å². The topological polar surface area (TPSA) is 44.2 Å². The van der Waals surface area contributed by atoms with Crippen LogP contribution in [0.3, 0.4) is 0 Å². The standard InChI is InChI=1S/C22H21Cl3N2O2/c1-12(2)28-21-19(14-5-7-15(23)8-6-14)20(26-22(27-21)29-13(3)4)17-10-9-16(24)11-18(17)25/h5-13H,1-4H3. The SMILES string of the molecule is CC(C)Oc1nc(OC(C)C)c(-c2ccc(Cl)cc2)c(-c2ccc(Cl)cc2Cl)n1. The summed E-state index contributed by atoms with van der Waals surface area (Å²) in [5.41, 5.74) is 2.85. The van der Waals surface area contributed by atoms with Crippen molar-refractivity contribution in [3.05, 3.63) is 57.5 Å². The van der Waals surface area contributed by atoms with Gasteiger partial charge in [0.2, 0.25) is 5.88 Å². The Morgan fingerprint density at radius 2 is 1.38 bits per heavy atom. The van der Waals surface area contributed by atoms with Crippen LogP contribution in [0.1, 0.15) is 27.7 Å². The van der Waals surface area contributed by atoms with E-state index in [1.807, 2.05) is 58.0 Å². The van der Waals surface area contributed by atoms with Crippen LogP contribution in [0.15, 0.2) is 42.5 Å². The summed E-state index contributed by atoms with van der Waals surface area (Å²) in [6, 6.07) is 12.9. The molecule has 0 fully saturated rings. The number of benzene rings is 2. The van der Waals surface area contributed by atoms with Gasteiger partial charge in [0.05, 0.1) is 28.5 Å². The largest absolute Gasteiger partial charge is 0.474 e. The molecule has 4 nitrogen and oxygen atoms in total. The van der Waals surface area contributed by atoms with E-state index >= 15 is 0 Å². The average Bonchev–Trinajstić information content (AvgIpc) is 2.61. The average molecular weight is 452 g/mol. The molecular formula is C22H21Cl3N2O2. The fourth-order valence-corrected chi connectivity index (χ4v) is 3.37. The van der Waals surface area contributed by atoms with Gasteiger partial charge in [-0.1, -0.05) is 46.9 Å². The van der Waals surface area contributed by atoms with Gasteiger partial charge in [-0.25, -0.2) is 0 Å². The Morgan fingerprint density at radius 1 is 0.759 bits per heavy atom. The van der Waals surface area contributed by atoms with Crippen LogP contribution in [-0.2, 0) is 0 Å². The fraction of sp³-hybridized carbons (Fsp3) is 0.273. The van der Waals surface area contributed by atoms with Crippen molar-refractivity contribution in [2.45, 2.75) is 39.9 Å². The van der Waals surface area contributed by atoms with E-state index in [2.05, 4.69) is 9.97 Å². The molecule has 3 rings (SSSR count). The Labute approximate surface area is 185 Å². The van der Waals surface area contributed by atoms with Crippen molar-refractivity contribution in [3.63, 3.8) is 0 Å².